The largest absolute Gasteiger partial charge is 0.303 e. The minimum atomic E-state index is 0.746. The van der Waals surface area contributed by atoms with Gasteiger partial charge in [-0.2, -0.15) is 0 Å². The molecule has 1 aromatic rings. The van der Waals surface area contributed by atoms with E-state index in [1.165, 1.54) is 25.2 Å². The number of hydrogen-bond acceptors (Lipinski definition) is 1. The van der Waals surface area contributed by atoms with Crippen LogP contribution in [0.5, 0.6) is 0 Å². The van der Waals surface area contributed by atoms with Crippen LogP contribution in [0.4, 0.5) is 0 Å². The maximum Gasteiger partial charge on any atom is 0.00533 e. The molecule has 0 radical (unpaired) electrons. The molecule has 76 valence electrons. The predicted molar refractivity (Wildman–Crippen MR) is 60.5 cm³/mol. The number of hydrogen-bond donors (Lipinski definition) is 0. The molecule has 2 rings (SSSR count). The molecule has 0 bridgehead atoms. The van der Waals surface area contributed by atoms with E-state index in [4.69, 9.17) is 0 Å². The standard InChI is InChI=1S/C13H19N/c1-3-14-9-11(2)13(10-14)12-7-5-4-6-8-12/h4-8,11,13H,3,9-10H2,1-2H3. The number of likely N-dealkylation sites (N-methyl/N-ethyl adjacent to an activating group) is 1. The van der Waals surface area contributed by atoms with Crippen LogP contribution in [0.3, 0.4) is 0 Å². The average molecular weight is 189 g/mol. The molecular weight excluding hydrogens is 170 g/mol. The third-order valence-electron chi connectivity index (χ3n) is 3.36. The predicted octanol–water partition coefficient (Wildman–Crippen LogP) is 2.74. The zero-order valence-electron chi connectivity index (χ0n) is 9.11. The average Bonchev–Trinajstić information content (AvgIpc) is 2.61. The second-order valence-electron chi connectivity index (χ2n) is 4.35. The molecule has 2 unspecified atom stereocenters. The van der Waals surface area contributed by atoms with Gasteiger partial charge in [0.1, 0.15) is 0 Å². The van der Waals surface area contributed by atoms with Gasteiger partial charge < -0.3 is 4.90 Å². The van der Waals surface area contributed by atoms with Gasteiger partial charge in [-0.05, 0) is 18.0 Å². The van der Waals surface area contributed by atoms with Gasteiger partial charge in [-0.15, -0.1) is 0 Å². The zero-order chi connectivity index (χ0) is 9.97. The smallest absolute Gasteiger partial charge is 0.00533 e. The van der Waals surface area contributed by atoms with Gasteiger partial charge in [0.15, 0.2) is 0 Å². The van der Waals surface area contributed by atoms with Gasteiger partial charge in [0, 0.05) is 19.0 Å². The lowest BCUT2D eigenvalue weighted by molar-refractivity contribution is 0.345. The molecule has 1 saturated heterocycles. The van der Waals surface area contributed by atoms with Crippen LogP contribution in [0.1, 0.15) is 25.3 Å². The Morgan fingerprint density at radius 2 is 1.93 bits per heavy atom. The third kappa shape index (κ3) is 1.83. The van der Waals surface area contributed by atoms with Crippen molar-refractivity contribution < 1.29 is 0 Å². The summed E-state index contributed by atoms with van der Waals surface area (Å²) in [5.74, 6) is 1.55. The van der Waals surface area contributed by atoms with Crippen LogP contribution in [0.25, 0.3) is 0 Å². The molecule has 1 heteroatoms. The fourth-order valence-electron chi connectivity index (χ4n) is 2.46. The van der Waals surface area contributed by atoms with Crippen LogP contribution in [0, 0.1) is 5.92 Å². The van der Waals surface area contributed by atoms with E-state index >= 15 is 0 Å². The highest BCUT2D eigenvalue weighted by atomic mass is 15.1. The van der Waals surface area contributed by atoms with Crippen molar-refractivity contribution in [3.63, 3.8) is 0 Å². The highest BCUT2D eigenvalue weighted by molar-refractivity contribution is 5.22. The van der Waals surface area contributed by atoms with Crippen LogP contribution in [0.2, 0.25) is 0 Å². The topological polar surface area (TPSA) is 3.24 Å². The first-order valence-electron chi connectivity index (χ1n) is 5.58. The molecule has 0 aliphatic carbocycles. The Kier molecular flexibility index (Phi) is 2.87. The van der Waals surface area contributed by atoms with Gasteiger partial charge >= 0.3 is 0 Å². The Hall–Kier alpha value is -0.820. The van der Waals surface area contributed by atoms with Crippen LogP contribution in [-0.2, 0) is 0 Å². The van der Waals surface area contributed by atoms with Crippen molar-refractivity contribution in [2.45, 2.75) is 19.8 Å². The van der Waals surface area contributed by atoms with Gasteiger partial charge in [-0.25, -0.2) is 0 Å². The van der Waals surface area contributed by atoms with Crippen LogP contribution in [-0.4, -0.2) is 24.5 Å². The molecule has 0 amide bonds. The van der Waals surface area contributed by atoms with E-state index in [0.29, 0.717) is 0 Å². The van der Waals surface area contributed by atoms with Crippen molar-refractivity contribution in [3.8, 4) is 0 Å². The molecular formula is C13H19N. The van der Waals surface area contributed by atoms with E-state index in [9.17, 15) is 0 Å². The fourth-order valence-corrected chi connectivity index (χ4v) is 2.46. The summed E-state index contributed by atoms with van der Waals surface area (Å²) in [5.41, 5.74) is 1.51. The SMILES string of the molecule is CCN1CC(C)C(c2ccccc2)C1. The van der Waals surface area contributed by atoms with Gasteiger partial charge in [0.05, 0.1) is 0 Å². The van der Waals surface area contributed by atoms with Crippen molar-refractivity contribution in [3.05, 3.63) is 35.9 Å². The van der Waals surface area contributed by atoms with Crippen molar-refractivity contribution in [1.82, 2.24) is 4.90 Å². The summed E-state index contributed by atoms with van der Waals surface area (Å²) in [6.45, 7) is 8.30. The van der Waals surface area contributed by atoms with E-state index in [0.717, 1.165) is 11.8 Å². The van der Waals surface area contributed by atoms with E-state index in [1.807, 2.05) is 0 Å². The summed E-state index contributed by atoms with van der Waals surface area (Å²) < 4.78 is 0. The van der Waals surface area contributed by atoms with Crippen LogP contribution < -0.4 is 0 Å². The van der Waals surface area contributed by atoms with E-state index < -0.39 is 0 Å². The Bertz CT molecular complexity index is 281. The second kappa shape index (κ2) is 4.14. The number of benzene rings is 1. The molecule has 0 N–H and O–H groups in total. The van der Waals surface area contributed by atoms with Gasteiger partial charge in [-0.3, -0.25) is 0 Å². The highest BCUT2D eigenvalue weighted by Crippen LogP contribution is 2.31. The summed E-state index contributed by atoms with van der Waals surface area (Å²) in [7, 11) is 0. The van der Waals surface area contributed by atoms with Gasteiger partial charge in [0.2, 0.25) is 0 Å². The van der Waals surface area contributed by atoms with E-state index in [2.05, 4.69) is 49.1 Å². The second-order valence-corrected chi connectivity index (χ2v) is 4.35. The first-order chi connectivity index (χ1) is 6.81. The summed E-state index contributed by atoms with van der Waals surface area (Å²) in [6, 6.07) is 10.9. The van der Waals surface area contributed by atoms with E-state index in [-0.39, 0.29) is 0 Å². The van der Waals surface area contributed by atoms with Gasteiger partial charge in [0.25, 0.3) is 0 Å². The normalized spacial score (nSPS) is 28.1. The summed E-state index contributed by atoms with van der Waals surface area (Å²) in [6.07, 6.45) is 0. The Balaban J connectivity index is 2.13. The lowest BCUT2D eigenvalue weighted by atomic mass is 9.90. The molecule has 1 aliphatic heterocycles. The molecule has 0 spiro atoms. The Labute approximate surface area is 86.7 Å². The summed E-state index contributed by atoms with van der Waals surface area (Å²) in [5, 5.41) is 0. The first-order valence-corrected chi connectivity index (χ1v) is 5.58. The maximum atomic E-state index is 2.54. The first kappa shape index (κ1) is 9.72. The molecule has 1 nitrogen and oxygen atoms in total. The number of rotatable bonds is 2. The number of likely N-dealkylation sites (tertiary alicyclic amines) is 1. The minimum Gasteiger partial charge on any atom is -0.303 e. The third-order valence-corrected chi connectivity index (χ3v) is 3.36. The zero-order valence-corrected chi connectivity index (χ0v) is 9.11. The summed E-state index contributed by atoms with van der Waals surface area (Å²) >= 11 is 0. The van der Waals surface area contributed by atoms with Crippen molar-refractivity contribution in [2.75, 3.05) is 19.6 Å². The lowest BCUT2D eigenvalue weighted by Gasteiger charge is -2.14. The maximum absolute atomic E-state index is 2.54. The highest BCUT2D eigenvalue weighted by Gasteiger charge is 2.29. The molecule has 0 saturated carbocycles. The molecule has 2 atom stereocenters. The number of nitrogens with zero attached hydrogens (tertiary/aromatic N) is 1. The Morgan fingerprint density at radius 1 is 1.21 bits per heavy atom. The molecule has 1 fully saturated rings. The van der Waals surface area contributed by atoms with E-state index in [1.54, 1.807) is 0 Å². The monoisotopic (exact) mass is 189 g/mol. The minimum absolute atomic E-state index is 0.746. The lowest BCUT2D eigenvalue weighted by Crippen LogP contribution is -2.19. The molecule has 1 aliphatic rings. The van der Waals surface area contributed by atoms with Crippen molar-refractivity contribution >= 4 is 0 Å². The van der Waals surface area contributed by atoms with Gasteiger partial charge in [-0.1, -0.05) is 44.2 Å². The van der Waals surface area contributed by atoms with Crippen LogP contribution in [0.15, 0.2) is 30.3 Å². The summed E-state index contributed by atoms with van der Waals surface area (Å²) in [4.78, 5) is 2.54. The molecule has 14 heavy (non-hydrogen) atoms. The molecule has 1 aromatic carbocycles. The van der Waals surface area contributed by atoms with Crippen molar-refractivity contribution in [2.24, 2.45) is 5.92 Å². The molecule has 0 aromatic heterocycles. The van der Waals surface area contributed by atoms with Crippen molar-refractivity contribution in [1.29, 1.82) is 0 Å². The van der Waals surface area contributed by atoms with Crippen LogP contribution >= 0.6 is 0 Å². The quantitative estimate of drug-likeness (QED) is 0.691. The Morgan fingerprint density at radius 3 is 2.50 bits per heavy atom. The fraction of sp³-hybridized carbons (Fsp3) is 0.538. The molecule has 1 heterocycles.